The monoisotopic (exact) mass is 259 g/mol. The number of nitrogen functional groups attached to an aromatic ring is 1. The molecule has 4 N–H and O–H groups in total. The molecule has 2 aromatic heterocycles. The smallest absolute Gasteiger partial charge is 0.278 e. The molecule has 96 valence electrons. The van der Waals surface area contributed by atoms with E-state index in [1.54, 1.807) is 25.1 Å². The fourth-order valence-corrected chi connectivity index (χ4v) is 1.88. The summed E-state index contributed by atoms with van der Waals surface area (Å²) in [4.78, 5) is 24.8. The standard InChI is InChI=1S/C12H10FN5O/c1-5-3-2-4-6(7(5)13)9-15-8-10(16-9)17-12(14)18-11(8)19/h2-4H,1H3,(H4,14,15,16,17,18,19). The molecule has 0 bridgehead atoms. The molecule has 0 saturated carbocycles. The first kappa shape index (κ1) is 11.4. The number of rotatable bonds is 1. The van der Waals surface area contributed by atoms with Gasteiger partial charge in [-0.15, -0.1) is 0 Å². The maximum Gasteiger partial charge on any atom is 0.278 e. The normalized spacial score (nSPS) is 11.1. The average molecular weight is 259 g/mol. The van der Waals surface area contributed by atoms with E-state index >= 15 is 0 Å². The number of aromatic amines is 2. The number of halogens is 1. The second-order valence-corrected chi connectivity index (χ2v) is 4.17. The first-order valence-corrected chi connectivity index (χ1v) is 5.57. The minimum atomic E-state index is -0.436. The van der Waals surface area contributed by atoms with Crippen molar-refractivity contribution in [2.24, 2.45) is 0 Å². The van der Waals surface area contributed by atoms with Crippen molar-refractivity contribution in [1.82, 2.24) is 19.9 Å². The van der Waals surface area contributed by atoms with E-state index in [2.05, 4.69) is 19.9 Å². The van der Waals surface area contributed by atoms with Crippen molar-refractivity contribution in [3.63, 3.8) is 0 Å². The van der Waals surface area contributed by atoms with Crippen molar-refractivity contribution in [2.75, 3.05) is 5.73 Å². The summed E-state index contributed by atoms with van der Waals surface area (Å²) in [5.74, 6) is -0.161. The molecule has 0 atom stereocenters. The molecule has 0 spiro atoms. The van der Waals surface area contributed by atoms with Gasteiger partial charge in [-0.2, -0.15) is 4.98 Å². The van der Waals surface area contributed by atoms with Crippen molar-refractivity contribution < 1.29 is 4.39 Å². The molecular formula is C12H10FN5O. The van der Waals surface area contributed by atoms with Crippen molar-refractivity contribution in [3.05, 3.63) is 39.9 Å². The molecule has 0 amide bonds. The van der Waals surface area contributed by atoms with E-state index in [0.29, 0.717) is 5.56 Å². The van der Waals surface area contributed by atoms with E-state index in [1.165, 1.54) is 0 Å². The molecule has 0 saturated heterocycles. The molecule has 1 aromatic carbocycles. The Morgan fingerprint density at radius 1 is 1.26 bits per heavy atom. The Bertz CT molecular complexity index is 836. The zero-order valence-corrected chi connectivity index (χ0v) is 9.99. The van der Waals surface area contributed by atoms with Crippen LogP contribution in [0.1, 0.15) is 5.56 Å². The van der Waals surface area contributed by atoms with Gasteiger partial charge >= 0.3 is 0 Å². The molecule has 0 aliphatic rings. The Labute approximate surface area is 106 Å². The lowest BCUT2D eigenvalue weighted by atomic mass is 10.1. The highest BCUT2D eigenvalue weighted by Gasteiger charge is 2.14. The first-order valence-electron chi connectivity index (χ1n) is 5.57. The molecule has 2 heterocycles. The summed E-state index contributed by atoms with van der Waals surface area (Å²) in [7, 11) is 0. The van der Waals surface area contributed by atoms with Gasteiger partial charge in [0.1, 0.15) is 11.6 Å². The van der Waals surface area contributed by atoms with Crippen LogP contribution in [0.4, 0.5) is 10.3 Å². The van der Waals surface area contributed by atoms with Gasteiger partial charge in [-0.05, 0) is 18.6 Å². The Morgan fingerprint density at radius 3 is 2.84 bits per heavy atom. The van der Waals surface area contributed by atoms with Crippen LogP contribution in [0.3, 0.4) is 0 Å². The summed E-state index contributed by atoms with van der Waals surface area (Å²) < 4.78 is 14.0. The van der Waals surface area contributed by atoms with E-state index in [1.807, 2.05) is 0 Å². The largest absolute Gasteiger partial charge is 0.369 e. The molecule has 0 aliphatic carbocycles. The first-order chi connectivity index (χ1) is 9.06. The number of nitrogens with two attached hydrogens (primary N) is 1. The molecule has 0 aliphatic heterocycles. The van der Waals surface area contributed by atoms with Gasteiger partial charge in [0.2, 0.25) is 5.95 Å². The average Bonchev–Trinajstić information content (AvgIpc) is 2.76. The predicted octanol–water partition coefficient (Wildman–Crippen LogP) is 1.34. The minimum Gasteiger partial charge on any atom is -0.369 e. The number of benzene rings is 1. The molecular weight excluding hydrogens is 249 g/mol. The van der Waals surface area contributed by atoms with Gasteiger partial charge in [0.05, 0.1) is 5.56 Å². The number of aromatic nitrogens is 4. The number of nitrogens with zero attached hydrogens (tertiary/aromatic N) is 2. The molecule has 0 fully saturated rings. The van der Waals surface area contributed by atoms with Gasteiger partial charge in [-0.1, -0.05) is 12.1 Å². The third-order valence-corrected chi connectivity index (χ3v) is 2.83. The fraction of sp³-hybridized carbons (Fsp3) is 0.0833. The summed E-state index contributed by atoms with van der Waals surface area (Å²) in [5.41, 5.74) is 6.12. The quantitative estimate of drug-likeness (QED) is 0.614. The van der Waals surface area contributed by atoms with E-state index < -0.39 is 5.56 Å². The number of anilines is 1. The summed E-state index contributed by atoms with van der Waals surface area (Å²) in [5, 5.41) is 0. The summed E-state index contributed by atoms with van der Waals surface area (Å²) in [6.07, 6.45) is 0. The Hall–Kier alpha value is -2.70. The van der Waals surface area contributed by atoms with Gasteiger partial charge in [0.25, 0.3) is 5.56 Å². The van der Waals surface area contributed by atoms with E-state index in [9.17, 15) is 9.18 Å². The lowest BCUT2D eigenvalue weighted by Gasteiger charge is -2.01. The molecule has 0 unspecified atom stereocenters. The second kappa shape index (κ2) is 3.91. The van der Waals surface area contributed by atoms with E-state index in [0.717, 1.165) is 0 Å². The predicted molar refractivity (Wildman–Crippen MR) is 69.1 cm³/mol. The molecule has 0 radical (unpaired) electrons. The number of hydrogen-bond acceptors (Lipinski definition) is 4. The SMILES string of the molecule is Cc1cccc(-c2nc3nc(N)[nH]c(=O)c3[nH]2)c1F. The lowest BCUT2D eigenvalue weighted by Crippen LogP contribution is -2.10. The zero-order valence-electron chi connectivity index (χ0n) is 9.99. The summed E-state index contributed by atoms with van der Waals surface area (Å²) >= 11 is 0. The number of aryl methyl sites for hydroxylation is 1. The highest BCUT2D eigenvalue weighted by molar-refractivity contribution is 5.76. The number of nitrogens with one attached hydrogen (secondary N) is 2. The van der Waals surface area contributed by atoms with Crippen LogP contribution >= 0.6 is 0 Å². The third kappa shape index (κ3) is 1.75. The highest BCUT2D eigenvalue weighted by atomic mass is 19.1. The van der Waals surface area contributed by atoms with Crippen molar-refractivity contribution in [1.29, 1.82) is 0 Å². The fourth-order valence-electron chi connectivity index (χ4n) is 1.88. The van der Waals surface area contributed by atoms with Crippen LogP contribution in [0.2, 0.25) is 0 Å². The maximum atomic E-state index is 14.0. The minimum absolute atomic E-state index is 0.0275. The summed E-state index contributed by atoms with van der Waals surface area (Å²) in [6, 6.07) is 4.95. The molecule has 19 heavy (non-hydrogen) atoms. The van der Waals surface area contributed by atoms with Gasteiger partial charge in [0, 0.05) is 0 Å². The van der Waals surface area contributed by atoms with Gasteiger partial charge < -0.3 is 10.7 Å². The number of imidazole rings is 1. The van der Waals surface area contributed by atoms with Crippen LogP contribution in [0.25, 0.3) is 22.6 Å². The zero-order chi connectivity index (χ0) is 13.6. The van der Waals surface area contributed by atoms with E-state index in [-0.39, 0.29) is 34.3 Å². The van der Waals surface area contributed by atoms with Crippen LogP contribution < -0.4 is 11.3 Å². The second-order valence-electron chi connectivity index (χ2n) is 4.17. The molecule has 3 rings (SSSR count). The van der Waals surface area contributed by atoms with Crippen LogP contribution in [-0.4, -0.2) is 19.9 Å². The summed E-state index contributed by atoms with van der Waals surface area (Å²) in [6.45, 7) is 1.66. The van der Waals surface area contributed by atoms with E-state index in [4.69, 9.17) is 5.73 Å². The Balaban J connectivity index is 2.30. The van der Waals surface area contributed by atoms with Crippen molar-refractivity contribution >= 4 is 17.1 Å². The number of fused-ring (bicyclic) bond motifs is 1. The Morgan fingerprint density at radius 2 is 2.05 bits per heavy atom. The number of H-pyrrole nitrogens is 2. The number of hydrogen-bond donors (Lipinski definition) is 3. The van der Waals surface area contributed by atoms with Gasteiger partial charge in [0.15, 0.2) is 11.2 Å². The Kier molecular flexibility index (Phi) is 2.34. The van der Waals surface area contributed by atoms with Crippen molar-refractivity contribution in [2.45, 2.75) is 6.92 Å². The molecule has 7 heteroatoms. The maximum absolute atomic E-state index is 14.0. The van der Waals surface area contributed by atoms with Gasteiger partial charge in [-0.3, -0.25) is 9.78 Å². The topological polar surface area (TPSA) is 100 Å². The third-order valence-electron chi connectivity index (χ3n) is 2.83. The van der Waals surface area contributed by atoms with Gasteiger partial charge in [-0.25, -0.2) is 9.37 Å². The van der Waals surface area contributed by atoms with Crippen molar-refractivity contribution in [3.8, 4) is 11.4 Å². The lowest BCUT2D eigenvalue weighted by molar-refractivity contribution is 0.621. The molecule has 3 aromatic rings. The molecule has 6 nitrogen and oxygen atoms in total. The van der Waals surface area contributed by atoms with Crippen LogP contribution in [-0.2, 0) is 0 Å². The highest BCUT2D eigenvalue weighted by Crippen LogP contribution is 2.23. The van der Waals surface area contributed by atoms with Crippen LogP contribution in [0.15, 0.2) is 23.0 Å². The van der Waals surface area contributed by atoms with Crippen LogP contribution in [0.5, 0.6) is 0 Å². The van der Waals surface area contributed by atoms with Crippen LogP contribution in [0, 0.1) is 12.7 Å².